The van der Waals surface area contributed by atoms with Gasteiger partial charge in [-0.25, -0.2) is 8.42 Å². The van der Waals surface area contributed by atoms with E-state index < -0.39 is 15.9 Å². The highest BCUT2D eigenvalue weighted by Crippen LogP contribution is 2.27. The molecule has 0 aromatic heterocycles. The van der Waals surface area contributed by atoms with Gasteiger partial charge in [0.2, 0.25) is 0 Å². The Labute approximate surface area is 179 Å². The second-order valence-corrected chi connectivity index (χ2v) is 8.97. The van der Waals surface area contributed by atoms with E-state index in [1.165, 1.54) is 18.2 Å². The third-order valence-electron chi connectivity index (χ3n) is 4.32. The van der Waals surface area contributed by atoms with Crippen LogP contribution >= 0.6 is 23.2 Å². The van der Waals surface area contributed by atoms with Crippen molar-refractivity contribution in [1.29, 1.82) is 0 Å². The molecular weight excluding hydrogens is 431 g/mol. The van der Waals surface area contributed by atoms with Crippen LogP contribution < -0.4 is 10.0 Å². The highest BCUT2D eigenvalue weighted by Gasteiger charge is 2.21. The summed E-state index contributed by atoms with van der Waals surface area (Å²) in [6.45, 7) is 3.62. The van der Waals surface area contributed by atoms with Gasteiger partial charge in [0.25, 0.3) is 15.9 Å². The fourth-order valence-corrected chi connectivity index (χ4v) is 4.49. The van der Waals surface area contributed by atoms with Gasteiger partial charge in [0.05, 0.1) is 10.7 Å². The van der Waals surface area contributed by atoms with Crippen LogP contribution in [-0.4, -0.2) is 14.3 Å². The number of halogens is 2. The molecule has 3 aromatic carbocycles. The van der Waals surface area contributed by atoms with E-state index in [-0.39, 0.29) is 15.5 Å². The van der Waals surface area contributed by atoms with E-state index in [2.05, 4.69) is 10.0 Å². The van der Waals surface area contributed by atoms with E-state index in [9.17, 15) is 13.2 Å². The molecule has 0 unspecified atom stereocenters. The molecule has 0 atom stereocenters. The van der Waals surface area contributed by atoms with Gasteiger partial charge in [-0.15, -0.1) is 0 Å². The second-order valence-electron chi connectivity index (χ2n) is 6.48. The summed E-state index contributed by atoms with van der Waals surface area (Å²) in [7, 11) is -3.99. The van der Waals surface area contributed by atoms with E-state index in [4.69, 9.17) is 23.2 Å². The Hall–Kier alpha value is -2.54. The topological polar surface area (TPSA) is 75.3 Å². The molecule has 150 valence electrons. The van der Waals surface area contributed by atoms with Crippen LogP contribution in [0.4, 0.5) is 11.4 Å². The minimum Gasteiger partial charge on any atom is -0.322 e. The van der Waals surface area contributed by atoms with E-state index in [1.807, 2.05) is 13.0 Å². The maximum Gasteiger partial charge on any atom is 0.263 e. The van der Waals surface area contributed by atoms with Crippen LogP contribution in [0.25, 0.3) is 0 Å². The van der Waals surface area contributed by atoms with Gasteiger partial charge in [-0.3, -0.25) is 9.52 Å². The summed E-state index contributed by atoms with van der Waals surface area (Å²) in [5.41, 5.74) is 2.72. The van der Waals surface area contributed by atoms with Crippen molar-refractivity contribution in [2.45, 2.75) is 18.7 Å². The molecule has 0 radical (unpaired) electrons. The van der Waals surface area contributed by atoms with Crippen LogP contribution in [0.1, 0.15) is 21.5 Å². The number of carbonyl (C=O) groups is 1. The zero-order valence-corrected chi connectivity index (χ0v) is 18.0. The first-order valence-corrected chi connectivity index (χ1v) is 10.9. The van der Waals surface area contributed by atoms with Crippen molar-refractivity contribution in [1.82, 2.24) is 0 Å². The van der Waals surface area contributed by atoms with Crippen molar-refractivity contribution in [3.8, 4) is 0 Å². The van der Waals surface area contributed by atoms with Crippen LogP contribution in [-0.2, 0) is 10.0 Å². The molecule has 0 spiro atoms. The predicted octanol–water partition coefficient (Wildman–Crippen LogP) is 5.66. The predicted molar refractivity (Wildman–Crippen MR) is 118 cm³/mol. The molecule has 0 aliphatic rings. The Kier molecular flexibility index (Phi) is 6.17. The first-order chi connectivity index (χ1) is 13.7. The number of hydrogen-bond acceptors (Lipinski definition) is 3. The van der Waals surface area contributed by atoms with Crippen LogP contribution in [0.3, 0.4) is 0 Å². The van der Waals surface area contributed by atoms with Gasteiger partial charge >= 0.3 is 0 Å². The molecule has 0 heterocycles. The number of carbonyl (C=O) groups excluding carboxylic acids is 1. The number of anilines is 2. The molecule has 0 bridgehead atoms. The number of nitrogens with one attached hydrogen (secondary N) is 2. The fraction of sp³-hybridized carbons (Fsp3) is 0.0952. The van der Waals surface area contributed by atoms with Crippen LogP contribution in [0.15, 0.2) is 65.6 Å². The SMILES string of the molecule is Cc1ccc(Cl)cc1NC(=O)c1ccc(Cl)c(S(=O)(=O)Nc2ccccc2C)c1. The van der Waals surface area contributed by atoms with E-state index in [0.717, 1.165) is 11.1 Å². The lowest BCUT2D eigenvalue weighted by Gasteiger charge is -2.13. The standard InChI is InChI=1S/C21H18Cl2N2O3S/c1-13-5-3-4-6-18(13)25-29(27,28)20-11-15(8-10-17(20)23)21(26)24-19-12-16(22)9-7-14(19)2/h3-12,25H,1-2H3,(H,24,26). The van der Waals surface area contributed by atoms with Crippen LogP contribution in [0, 0.1) is 13.8 Å². The average Bonchev–Trinajstić information content (AvgIpc) is 2.66. The van der Waals surface area contributed by atoms with E-state index in [0.29, 0.717) is 16.4 Å². The van der Waals surface area contributed by atoms with E-state index >= 15 is 0 Å². The number of amides is 1. The minimum atomic E-state index is -3.99. The van der Waals surface area contributed by atoms with Crippen molar-refractivity contribution in [3.05, 3.63) is 87.4 Å². The largest absolute Gasteiger partial charge is 0.322 e. The number of sulfonamides is 1. The van der Waals surface area contributed by atoms with Crippen LogP contribution in [0.2, 0.25) is 10.0 Å². The molecule has 3 rings (SSSR count). The maximum absolute atomic E-state index is 12.9. The third-order valence-corrected chi connectivity index (χ3v) is 6.40. The molecule has 1 amide bonds. The first kappa shape index (κ1) is 21.2. The van der Waals surface area contributed by atoms with E-state index in [1.54, 1.807) is 43.3 Å². The van der Waals surface area contributed by atoms with Crippen molar-refractivity contribution in [2.24, 2.45) is 0 Å². The van der Waals surface area contributed by atoms with Crippen molar-refractivity contribution < 1.29 is 13.2 Å². The molecule has 0 aliphatic heterocycles. The average molecular weight is 449 g/mol. The Morgan fingerprint density at radius 3 is 2.28 bits per heavy atom. The lowest BCUT2D eigenvalue weighted by Crippen LogP contribution is -2.17. The summed E-state index contributed by atoms with van der Waals surface area (Å²) in [6, 6.07) is 16.2. The monoisotopic (exact) mass is 448 g/mol. The Morgan fingerprint density at radius 2 is 1.55 bits per heavy atom. The lowest BCUT2D eigenvalue weighted by atomic mass is 10.1. The molecule has 0 saturated heterocycles. The summed E-state index contributed by atoms with van der Waals surface area (Å²) < 4.78 is 28.2. The number of hydrogen-bond donors (Lipinski definition) is 2. The van der Waals surface area contributed by atoms with Gasteiger partial charge in [0.15, 0.2) is 0 Å². The van der Waals surface area contributed by atoms with Gasteiger partial charge in [0, 0.05) is 16.3 Å². The highest BCUT2D eigenvalue weighted by atomic mass is 35.5. The molecule has 0 aliphatic carbocycles. The molecule has 0 saturated carbocycles. The lowest BCUT2D eigenvalue weighted by molar-refractivity contribution is 0.102. The molecule has 29 heavy (non-hydrogen) atoms. The Morgan fingerprint density at radius 1 is 0.862 bits per heavy atom. The van der Waals surface area contributed by atoms with Crippen molar-refractivity contribution >= 4 is 50.5 Å². The summed E-state index contributed by atoms with van der Waals surface area (Å²) in [4.78, 5) is 12.5. The quantitative estimate of drug-likeness (QED) is 0.528. The summed E-state index contributed by atoms with van der Waals surface area (Å²) in [6.07, 6.45) is 0. The van der Waals surface area contributed by atoms with Gasteiger partial charge in [-0.2, -0.15) is 0 Å². The Balaban J connectivity index is 1.92. The normalized spacial score (nSPS) is 11.2. The zero-order valence-electron chi connectivity index (χ0n) is 15.7. The summed E-state index contributed by atoms with van der Waals surface area (Å²) in [5, 5.41) is 3.24. The number of aryl methyl sites for hydroxylation is 2. The van der Waals surface area contributed by atoms with Gasteiger partial charge in [-0.1, -0.05) is 47.5 Å². The smallest absolute Gasteiger partial charge is 0.263 e. The number of rotatable bonds is 5. The molecule has 5 nitrogen and oxygen atoms in total. The van der Waals surface area contributed by atoms with Crippen molar-refractivity contribution in [3.63, 3.8) is 0 Å². The number of para-hydroxylation sites is 1. The van der Waals surface area contributed by atoms with Gasteiger partial charge in [-0.05, 0) is 61.4 Å². The van der Waals surface area contributed by atoms with Gasteiger partial charge < -0.3 is 5.32 Å². The van der Waals surface area contributed by atoms with Crippen LogP contribution in [0.5, 0.6) is 0 Å². The molecular formula is C21H18Cl2N2O3S. The molecule has 3 aromatic rings. The maximum atomic E-state index is 12.9. The second kappa shape index (κ2) is 8.45. The fourth-order valence-electron chi connectivity index (χ4n) is 2.66. The molecule has 2 N–H and O–H groups in total. The zero-order chi connectivity index (χ0) is 21.2. The minimum absolute atomic E-state index is 0.0153. The highest BCUT2D eigenvalue weighted by molar-refractivity contribution is 7.92. The molecule has 8 heteroatoms. The number of benzene rings is 3. The van der Waals surface area contributed by atoms with Crippen molar-refractivity contribution in [2.75, 3.05) is 10.0 Å². The summed E-state index contributed by atoms with van der Waals surface area (Å²) in [5.74, 6) is -0.473. The molecule has 0 fully saturated rings. The summed E-state index contributed by atoms with van der Waals surface area (Å²) >= 11 is 12.1. The first-order valence-electron chi connectivity index (χ1n) is 8.63. The third kappa shape index (κ3) is 4.90. The Bertz CT molecular complexity index is 1190. The van der Waals surface area contributed by atoms with Gasteiger partial charge in [0.1, 0.15) is 4.90 Å².